The van der Waals surface area contributed by atoms with Crippen molar-refractivity contribution in [1.82, 2.24) is 4.90 Å². The van der Waals surface area contributed by atoms with Crippen LogP contribution in [0.15, 0.2) is 34.7 Å². The highest BCUT2D eigenvalue weighted by atomic mass is 16.3. The first kappa shape index (κ1) is 16.1. The third-order valence-electron chi connectivity index (χ3n) is 4.38. The van der Waals surface area contributed by atoms with Crippen LogP contribution < -0.4 is 5.73 Å². The second kappa shape index (κ2) is 7.62. The van der Waals surface area contributed by atoms with Gasteiger partial charge >= 0.3 is 0 Å². The molecule has 0 aliphatic carbocycles. The third-order valence-corrected chi connectivity index (χ3v) is 4.38. The van der Waals surface area contributed by atoms with Crippen molar-refractivity contribution in [1.29, 1.82) is 0 Å². The molecule has 0 aliphatic rings. The van der Waals surface area contributed by atoms with Gasteiger partial charge in [-0.2, -0.15) is 0 Å². The minimum absolute atomic E-state index is 0.0632. The summed E-state index contributed by atoms with van der Waals surface area (Å²) in [5.41, 5.74) is 7.28. The van der Waals surface area contributed by atoms with Crippen LogP contribution in [0.4, 0.5) is 0 Å². The lowest BCUT2D eigenvalue weighted by Crippen LogP contribution is -2.35. The predicted molar refractivity (Wildman–Crippen MR) is 89.3 cm³/mol. The molecule has 1 unspecified atom stereocenters. The number of likely N-dealkylation sites (N-methyl/N-ethyl adjacent to an activating group) is 1. The fourth-order valence-corrected chi connectivity index (χ4v) is 2.80. The van der Waals surface area contributed by atoms with Crippen molar-refractivity contribution in [3.05, 3.63) is 36.1 Å². The van der Waals surface area contributed by atoms with Gasteiger partial charge in [-0.05, 0) is 24.6 Å². The van der Waals surface area contributed by atoms with Crippen LogP contribution in [0.25, 0.3) is 11.0 Å². The van der Waals surface area contributed by atoms with Gasteiger partial charge in [-0.1, -0.05) is 51.8 Å². The molecule has 3 nitrogen and oxygen atoms in total. The van der Waals surface area contributed by atoms with Crippen molar-refractivity contribution < 1.29 is 4.42 Å². The van der Waals surface area contributed by atoms with Gasteiger partial charge < -0.3 is 15.1 Å². The number of hydrogen-bond acceptors (Lipinski definition) is 3. The molecule has 0 amide bonds. The largest absolute Gasteiger partial charge is 0.459 e. The van der Waals surface area contributed by atoms with E-state index in [4.69, 9.17) is 10.2 Å². The topological polar surface area (TPSA) is 42.4 Å². The van der Waals surface area contributed by atoms with Crippen molar-refractivity contribution in [3.63, 3.8) is 0 Å². The van der Waals surface area contributed by atoms with Crippen LogP contribution in [0.2, 0.25) is 0 Å². The van der Waals surface area contributed by atoms with Crippen molar-refractivity contribution in [3.8, 4) is 0 Å². The molecule has 21 heavy (non-hydrogen) atoms. The summed E-state index contributed by atoms with van der Waals surface area (Å²) in [4.78, 5) is 2.44. The fraction of sp³-hybridized carbons (Fsp3) is 0.556. The average Bonchev–Trinajstić information content (AvgIpc) is 2.95. The molecule has 0 aliphatic heterocycles. The van der Waals surface area contributed by atoms with Gasteiger partial charge in [-0.25, -0.2) is 0 Å². The van der Waals surface area contributed by atoms with Gasteiger partial charge in [0.2, 0.25) is 0 Å². The summed E-state index contributed by atoms with van der Waals surface area (Å²) in [5.74, 6) is 1.65. The molecule has 0 radical (unpaired) electrons. The summed E-state index contributed by atoms with van der Waals surface area (Å²) >= 11 is 0. The van der Waals surface area contributed by atoms with Crippen molar-refractivity contribution in [2.75, 3.05) is 19.6 Å². The van der Waals surface area contributed by atoms with Crippen molar-refractivity contribution in [2.24, 2.45) is 11.7 Å². The van der Waals surface area contributed by atoms with E-state index in [-0.39, 0.29) is 6.04 Å². The Morgan fingerprint density at radius 2 is 1.81 bits per heavy atom. The Morgan fingerprint density at radius 1 is 1.10 bits per heavy atom. The molecular formula is C18H28N2O. The van der Waals surface area contributed by atoms with Crippen molar-refractivity contribution in [2.45, 2.75) is 39.7 Å². The molecule has 0 saturated heterocycles. The Bertz CT molecular complexity index is 512. The highest BCUT2D eigenvalue weighted by molar-refractivity contribution is 5.77. The lowest BCUT2D eigenvalue weighted by molar-refractivity contribution is 0.215. The molecule has 3 heteroatoms. The third kappa shape index (κ3) is 4.08. The molecule has 1 aromatic heterocycles. The molecule has 0 fully saturated rings. The van der Waals surface area contributed by atoms with Crippen LogP contribution in [-0.4, -0.2) is 24.5 Å². The number of para-hydroxylation sites is 1. The normalized spacial score (nSPS) is 13.4. The maximum Gasteiger partial charge on any atom is 0.134 e. The maximum absolute atomic E-state index is 6.36. The highest BCUT2D eigenvalue weighted by Gasteiger charge is 2.17. The van der Waals surface area contributed by atoms with Gasteiger partial charge in [0.05, 0.1) is 6.04 Å². The molecule has 0 saturated carbocycles. The summed E-state index contributed by atoms with van der Waals surface area (Å²) < 4.78 is 5.88. The number of hydrogen-bond donors (Lipinski definition) is 1. The van der Waals surface area contributed by atoms with E-state index in [2.05, 4.69) is 37.8 Å². The van der Waals surface area contributed by atoms with E-state index < -0.39 is 0 Å². The van der Waals surface area contributed by atoms with Crippen LogP contribution in [0.3, 0.4) is 0 Å². The highest BCUT2D eigenvalue weighted by Crippen LogP contribution is 2.23. The summed E-state index contributed by atoms with van der Waals surface area (Å²) in [6.45, 7) is 9.74. The number of rotatable bonds is 8. The van der Waals surface area contributed by atoms with Crippen LogP contribution in [0, 0.1) is 5.92 Å². The van der Waals surface area contributed by atoms with Gasteiger partial charge in [-0.3, -0.25) is 0 Å². The van der Waals surface area contributed by atoms with E-state index >= 15 is 0 Å². The Hall–Kier alpha value is -1.32. The van der Waals surface area contributed by atoms with Crippen LogP contribution in [-0.2, 0) is 0 Å². The fourth-order valence-electron chi connectivity index (χ4n) is 2.80. The molecule has 1 aromatic carbocycles. The molecule has 0 bridgehead atoms. The molecule has 116 valence electrons. The minimum atomic E-state index is -0.0632. The minimum Gasteiger partial charge on any atom is -0.459 e. The maximum atomic E-state index is 6.36. The molecule has 2 aromatic rings. The zero-order chi connectivity index (χ0) is 15.2. The second-order valence-electron chi connectivity index (χ2n) is 5.83. The molecule has 2 N–H and O–H groups in total. The van der Waals surface area contributed by atoms with Gasteiger partial charge in [0.25, 0.3) is 0 Å². The zero-order valence-electron chi connectivity index (χ0n) is 13.5. The molecule has 2 rings (SSSR count). The summed E-state index contributed by atoms with van der Waals surface area (Å²) in [6.07, 6.45) is 2.46. The average molecular weight is 288 g/mol. The number of furan rings is 1. The van der Waals surface area contributed by atoms with E-state index in [1.54, 1.807) is 0 Å². The summed E-state index contributed by atoms with van der Waals surface area (Å²) in [6, 6.07) is 10.1. The first-order valence-electron chi connectivity index (χ1n) is 8.14. The van der Waals surface area contributed by atoms with Gasteiger partial charge in [0.1, 0.15) is 11.3 Å². The Balaban J connectivity index is 2.02. The lowest BCUT2D eigenvalue weighted by atomic mass is 10.0. The molecule has 0 spiro atoms. The van der Waals surface area contributed by atoms with Gasteiger partial charge in [-0.15, -0.1) is 0 Å². The monoisotopic (exact) mass is 288 g/mol. The second-order valence-corrected chi connectivity index (χ2v) is 5.83. The standard InChI is InChI=1S/C18H28N2O/c1-4-14(5-2)12-20(6-3)13-16(19)18-11-15-9-7-8-10-17(15)21-18/h7-11,14,16H,4-6,12-13,19H2,1-3H3. The number of nitrogens with two attached hydrogens (primary N) is 1. The number of nitrogens with zero attached hydrogens (tertiary/aromatic N) is 1. The van der Waals surface area contributed by atoms with Gasteiger partial charge in [0.15, 0.2) is 0 Å². The van der Waals surface area contributed by atoms with E-state index in [0.717, 1.165) is 42.3 Å². The molecule has 1 atom stereocenters. The molecule has 1 heterocycles. The number of fused-ring (bicyclic) bond motifs is 1. The first-order chi connectivity index (χ1) is 10.2. The Labute approximate surface area is 128 Å². The smallest absolute Gasteiger partial charge is 0.134 e. The van der Waals surface area contributed by atoms with E-state index in [0.29, 0.717) is 0 Å². The SMILES string of the molecule is CCC(CC)CN(CC)CC(N)c1cc2ccccc2o1. The first-order valence-corrected chi connectivity index (χ1v) is 8.14. The van der Waals surface area contributed by atoms with E-state index in [1.807, 2.05) is 18.2 Å². The number of benzene rings is 1. The van der Waals surface area contributed by atoms with Crippen LogP contribution >= 0.6 is 0 Å². The Morgan fingerprint density at radius 3 is 2.43 bits per heavy atom. The van der Waals surface area contributed by atoms with E-state index in [1.165, 1.54) is 12.8 Å². The Kier molecular flexibility index (Phi) is 5.83. The predicted octanol–water partition coefficient (Wildman–Crippen LogP) is 4.19. The summed E-state index contributed by atoms with van der Waals surface area (Å²) in [7, 11) is 0. The summed E-state index contributed by atoms with van der Waals surface area (Å²) in [5, 5.41) is 1.13. The van der Waals surface area contributed by atoms with E-state index in [9.17, 15) is 0 Å². The van der Waals surface area contributed by atoms with Crippen molar-refractivity contribution >= 4 is 11.0 Å². The van der Waals surface area contributed by atoms with Crippen LogP contribution in [0.5, 0.6) is 0 Å². The zero-order valence-corrected chi connectivity index (χ0v) is 13.5. The van der Waals surface area contributed by atoms with Gasteiger partial charge in [0, 0.05) is 18.5 Å². The van der Waals surface area contributed by atoms with Crippen LogP contribution in [0.1, 0.15) is 45.4 Å². The molecular weight excluding hydrogens is 260 g/mol. The lowest BCUT2D eigenvalue weighted by Gasteiger charge is -2.27. The quantitative estimate of drug-likeness (QED) is 0.792.